The summed E-state index contributed by atoms with van der Waals surface area (Å²) in [7, 11) is 0. The first-order valence-electron chi connectivity index (χ1n) is 6.40. The number of hydrogen-bond acceptors (Lipinski definition) is 5. The Bertz CT molecular complexity index is 775. The summed E-state index contributed by atoms with van der Waals surface area (Å²) in [4.78, 5) is 12.8. The second kappa shape index (κ2) is 4.38. The number of hydrogen-bond donors (Lipinski definition) is 1. The summed E-state index contributed by atoms with van der Waals surface area (Å²) in [5, 5.41) is 15.8. The molecule has 20 heavy (non-hydrogen) atoms. The highest BCUT2D eigenvalue weighted by Crippen LogP contribution is 2.39. The second-order valence-electron chi connectivity index (χ2n) is 4.75. The molecule has 1 amide bonds. The van der Waals surface area contributed by atoms with Gasteiger partial charge in [-0.05, 0) is 25.0 Å². The summed E-state index contributed by atoms with van der Waals surface area (Å²) in [6.45, 7) is 0. The molecule has 0 radical (unpaired) electrons. The van der Waals surface area contributed by atoms with Crippen molar-refractivity contribution in [3.63, 3.8) is 0 Å². The molecule has 7 heteroatoms. The van der Waals surface area contributed by atoms with Crippen LogP contribution in [0.15, 0.2) is 30.3 Å². The number of anilines is 1. The van der Waals surface area contributed by atoms with Crippen LogP contribution in [0.1, 0.15) is 34.4 Å². The van der Waals surface area contributed by atoms with Gasteiger partial charge in [-0.3, -0.25) is 4.79 Å². The number of benzene rings is 1. The van der Waals surface area contributed by atoms with Gasteiger partial charge in [0.15, 0.2) is 5.82 Å². The minimum Gasteiger partial charge on any atom is -0.320 e. The Morgan fingerprint density at radius 3 is 2.80 bits per heavy atom. The molecular weight excluding hydrogens is 274 g/mol. The first-order chi connectivity index (χ1) is 9.81. The Hall–Kier alpha value is -2.28. The molecule has 3 aromatic rings. The molecule has 0 aliphatic heterocycles. The fourth-order valence-corrected chi connectivity index (χ4v) is 2.77. The van der Waals surface area contributed by atoms with E-state index in [1.54, 1.807) is 4.52 Å². The first-order valence-corrected chi connectivity index (χ1v) is 7.21. The largest absolute Gasteiger partial charge is 0.320 e. The molecule has 1 N–H and O–H groups in total. The van der Waals surface area contributed by atoms with E-state index in [2.05, 4.69) is 20.6 Å². The quantitative estimate of drug-likeness (QED) is 0.801. The van der Waals surface area contributed by atoms with Crippen molar-refractivity contribution < 1.29 is 4.79 Å². The molecule has 0 saturated heterocycles. The molecule has 0 spiro atoms. The van der Waals surface area contributed by atoms with E-state index < -0.39 is 0 Å². The minimum atomic E-state index is -0.214. The summed E-state index contributed by atoms with van der Waals surface area (Å²) < 4.78 is 1.70. The monoisotopic (exact) mass is 285 g/mol. The predicted octanol–water partition coefficient (Wildman–Crippen LogP) is 2.32. The van der Waals surface area contributed by atoms with E-state index in [0.29, 0.717) is 15.9 Å². The Morgan fingerprint density at radius 2 is 2.05 bits per heavy atom. The van der Waals surface area contributed by atoms with Crippen LogP contribution in [0.25, 0.3) is 4.96 Å². The van der Waals surface area contributed by atoms with Crippen molar-refractivity contribution in [2.45, 2.75) is 18.8 Å². The number of nitrogens with zero attached hydrogens (tertiary/aromatic N) is 4. The molecule has 1 aromatic carbocycles. The topological polar surface area (TPSA) is 72.2 Å². The Labute approximate surface area is 118 Å². The van der Waals surface area contributed by atoms with Crippen LogP contribution in [0.3, 0.4) is 0 Å². The molecular formula is C13H11N5OS. The fourth-order valence-electron chi connectivity index (χ4n) is 2.03. The van der Waals surface area contributed by atoms with E-state index in [1.807, 2.05) is 30.3 Å². The molecule has 1 aliphatic carbocycles. The molecule has 1 aliphatic rings. The summed E-state index contributed by atoms with van der Waals surface area (Å²) in [6, 6.07) is 9.33. The van der Waals surface area contributed by atoms with Crippen molar-refractivity contribution in [1.29, 1.82) is 0 Å². The SMILES string of the molecule is O=C(Nc1ccccc1)c1nn2c(C3CC3)nnc2s1. The molecule has 4 rings (SSSR count). The van der Waals surface area contributed by atoms with Crippen LogP contribution in [0.4, 0.5) is 5.69 Å². The highest BCUT2D eigenvalue weighted by molar-refractivity contribution is 7.18. The van der Waals surface area contributed by atoms with Crippen LogP contribution in [0, 0.1) is 0 Å². The number of rotatable bonds is 3. The lowest BCUT2D eigenvalue weighted by atomic mass is 10.3. The van der Waals surface area contributed by atoms with E-state index in [1.165, 1.54) is 11.3 Å². The zero-order valence-electron chi connectivity index (χ0n) is 10.5. The number of amides is 1. The molecule has 2 aromatic heterocycles. The highest BCUT2D eigenvalue weighted by Gasteiger charge is 2.30. The van der Waals surface area contributed by atoms with Gasteiger partial charge >= 0.3 is 0 Å². The van der Waals surface area contributed by atoms with E-state index in [9.17, 15) is 4.79 Å². The van der Waals surface area contributed by atoms with Gasteiger partial charge in [0.05, 0.1) is 0 Å². The van der Waals surface area contributed by atoms with Gasteiger partial charge < -0.3 is 5.32 Å². The van der Waals surface area contributed by atoms with Crippen LogP contribution >= 0.6 is 11.3 Å². The van der Waals surface area contributed by atoms with E-state index in [-0.39, 0.29) is 5.91 Å². The summed E-state index contributed by atoms with van der Waals surface area (Å²) in [6.07, 6.45) is 2.26. The Kier molecular flexibility index (Phi) is 2.53. The van der Waals surface area contributed by atoms with Crippen LogP contribution in [0.5, 0.6) is 0 Å². The predicted molar refractivity (Wildman–Crippen MR) is 75.0 cm³/mol. The summed E-state index contributed by atoms with van der Waals surface area (Å²) in [5.74, 6) is 1.11. The van der Waals surface area contributed by atoms with Crippen LogP contribution in [-0.4, -0.2) is 25.7 Å². The van der Waals surface area contributed by atoms with Crippen molar-refractivity contribution in [2.24, 2.45) is 0 Å². The average Bonchev–Trinajstić information content (AvgIpc) is 3.08. The number of carbonyl (C=O) groups excluding carboxylic acids is 1. The fraction of sp³-hybridized carbons (Fsp3) is 0.231. The van der Waals surface area contributed by atoms with Gasteiger partial charge in [-0.25, -0.2) is 0 Å². The standard InChI is InChI=1S/C13H11N5OS/c19-11(14-9-4-2-1-3-5-9)12-17-18-10(8-6-7-8)15-16-13(18)20-12/h1-5,8H,6-7H2,(H,14,19). The van der Waals surface area contributed by atoms with Gasteiger partial charge in [-0.15, -0.1) is 15.3 Å². The smallest absolute Gasteiger partial charge is 0.286 e. The third-order valence-corrected chi connectivity index (χ3v) is 4.08. The number of para-hydroxylation sites is 1. The lowest BCUT2D eigenvalue weighted by Crippen LogP contribution is -2.12. The molecule has 0 atom stereocenters. The molecule has 6 nitrogen and oxygen atoms in total. The summed E-state index contributed by atoms with van der Waals surface area (Å²) >= 11 is 1.26. The van der Waals surface area contributed by atoms with Crippen molar-refractivity contribution in [3.8, 4) is 0 Å². The van der Waals surface area contributed by atoms with Gasteiger partial charge in [0.1, 0.15) is 0 Å². The minimum absolute atomic E-state index is 0.214. The third-order valence-electron chi connectivity index (χ3n) is 3.18. The maximum atomic E-state index is 12.2. The molecule has 0 bridgehead atoms. The Morgan fingerprint density at radius 1 is 1.25 bits per heavy atom. The molecule has 1 fully saturated rings. The van der Waals surface area contributed by atoms with Gasteiger partial charge in [0.25, 0.3) is 5.91 Å². The average molecular weight is 285 g/mol. The second-order valence-corrected chi connectivity index (χ2v) is 5.71. The lowest BCUT2D eigenvalue weighted by Gasteiger charge is -2.00. The molecule has 0 unspecified atom stereocenters. The van der Waals surface area contributed by atoms with Gasteiger partial charge in [-0.1, -0.05) is 29.5 Å². The molecule has 2 heterocycles. The third kappa shape index (κ3) is 1.96. The van der Waals surface area contributed by atoms with Crippen molar-refractivity contribution in [3.05, 3.63) is 41.2 Å². The van der Waals surface area contributed by atoms with Crippen molar-refractivity contribution >= 4 is 27.9 Å². The maximum absolute atomic E-state index is 12.2. The van der Waals surface area contributed by atoms with Gasteiger partial charge in [-0.2, -0.15) is 4.52 Å². The number of aromatic nitrogens is 4. The highest BCUT2D eigenvalue weighted by atomic mass is 32.1. The van der Waals surface area contributed by atoms with Crippen LogP contribution in [-0.2, 0) is 0 Å². The van der Waals surface area contributed by atoms with Gasteiger partial charge in [0, 0.05) is 11.6 Å². The van der Waals surface area contributed by atoms with Crippen LogP contribution < -0.4 is 5.32 Å². The molecule has 1 saturated carbocycles. The van der Waals surface area contributed by atoms with Gasteiger partial charge in [0.2, 0.25) is 9.97 Å². The number of fused-ring (bicyclic) bond motifs is 1. The number of carbonyl (C=O) groups is 1. The van der Waals surface area contributed by atoms with E-state index in [4.69, 9.17) is 0 Å². The van der Waals surface area contributed by atoms with Crippen molar-refractivity contribution in [1.82, 2.24) is 19.8 Å². The molecule has 100 valence electrons. The Balaban J connectivity index is 1.63. The first kappa shape index (κ1) is 11.5. The zero-order valence-corrected chi connectivity index (χ0v) is 11.3. The summed E-state index contributed by atoms with van der Waals surface area (Å²) in [5.41, 5.74) is 0.755. The van der Waals surface area contributed by atoms with E-state index in [0.717, 1.165) is 24.4 Å². The lowest BCUT2D eigenvalue weighted by molar-refractivity contribution is 0.102. The van der Waals surface area contributed by atoms with Crippen LogP contribution in [0.2, 0.25) is 0 Å². The maximum Gasteiger partial charge on any atom is 0.286 e. The van der Waals surface area contributed by atoms with Crippen molar-refractivity contribution in [2.75, 3.05) is 5.32 Å². The van der Waals surface area contributed by atoms with E-state index >= 15 is 0 Å². The number of nitrogens with one attached hydrogen (secondary N) is 1. The normalized spacial score (nSPS) is 14.6. The zero-order chi connectivity index (χ0) is 13.5.